The van der Waals surface area contributed by atoms with Crippen LogP contribution in [0.2, 0.25) is 0 Å². The number of benzene rings is 2. The number of fused-ring (bicyclic) bond motifs is 6. The van der Waals surface area contributed by atoms with Crippen molar-refractivity contribution in [2.75, 3.05) is 0 Å². The fourth-order valence-electron chi connectivity index (χ4n) is 6.54. The number of rotatable bonds is 8. The minimum atomic E-state index is -0.337. The molecule has 2 aromatic carbocycles. The van der Waals surface area contributed by atoms with Crippen LogP contribution in [0.3, 0.4) is 0 Å². The van der Waals surface area contributed by atoms with Gasteiger partial charge in [0, 0.05) is 76.4 Å². The maximum Gasteiger partial charge on any atom is 0.164 e. The summed E-state index contributed by atoms with van der Waals surface area (Å²) in [6.45, 7) is 18.9. The van der Waals surface area contributed by atoms with Gasteiger partial charge in [0.05, 0.1) is 0 Å². The second kappa shape index (κ2) is 15.4. The van der Waals surface area contributed by atoms with Crippen LogP contribution in [0.4, 0.5) is 0 Å². The van der Waals surface area contributed by atoms with E-state index in [-0.39, 0.29) is 47.9 Å². The molecule has 0 fully saturated rings. The van der Waals surface area contributed by atoms with E-state index in [2.05, 4.69) is 74.3 Å². The zero-order chi connectivity index (χ0) is 34.9. The number of ketones is 1. The molecule has 0 atom stereocenters. The Bertz CT molecular complexity index is 1980. The number of aliphatic hydroxyl groups excluding tert-OH is 1. The fraction of sp³-hybridized carbons (Fsp3) is 0.419. The maximum absolute atomic E-state index is 12.2. The van der Waals surface area contributed by atoms with E-state index in [1.165, 1.54) is 48.7 Å². The second-order valence-electron chi connectivity index (χ2n) is 14.8. The number of nitrogens with zero attached hydrogens (tertiary/aromatic N) is 2. The Kier molecular flexibility index (Phi) is 12.1. The van der Waals surface area contributed by atoms with Crippen molar-refractivity contribution in [2.45, 2.75) is 106 Å². The summed E-state index contributed by atoms with van der Waals surface area (Å²) < 4.78 is 1.30. The third-order valence-electron chi connectivity index (χ3n) is 10.9. The molecule has 3 heterocycles. The number of carbonyl (C=O) groups is 1. The first-order valence-electron chi connectivity index (χ1n) is 17.5. The van der Waals surface area contributed by atoms with Crippen molar-refractivity contribution in [3.8, 4) is 22.4 Å². The average molecular weight is 852 g/mol. The number of aryl methyl sites for hydroxylation is 2. The summed E-state index contributed by atoms with van der Waals surface area (Å²) in [5.41, 5.74) is 6.85. The van der Waals surface area contributed by atoms with Crippen molar-refractivity contribution in [1.82, 2.24) is 9.97 Å². The molecule has 49 heavy (non-hydrogen) atoms. The Morgan fingerprint density at radius 1 is 0.918 bits per heavy atom. The van der Waals surface area contributed by atoms with E-state index in [4.69, 9.17) is 4.98 Å². The molecule has 0 aliphatic heterocycles. The summed E-state index contributed by atoms with van der Waals surface area (Å²) in [4.78, 5) is 23.0. The van der Waals surface area contributed by atoms with Gasteiger partial charge in [-0.15, -0.1) is 40.5 Å². The van der Waals surface area contributed by atoms with E-state index in [1.54, 1.807) is 0 Å². The van der Waals surface area contributed by atoms with Gasteiger partial charge in [-0.25, -0.2) is 0 Å². The van der Waals surface area contributed by atoms with E-state index in [0.717, 1.165) is 55.2 Å². The van der Waals surface area contributed by atoms with Crippen LogP contribution < -0.4 is 0 Å². The van der Waals surface area contributed by atoms with Gasteiger partial charge in [0.25, 0.3) is 0 Å². The maximum atomic E-state index is 12.2. The van der Waals surface area contributed by atoms with Crippen molar-refractivity contribution in [2.24, 2.45) is 10.8 Å². The zero-order valence-electron chi connectivity index (χ0n) is 30.6. The Labute approximate surface area is 310 Å². The third-order valence-corrected chi connectivity index (χ3v) is 12.1. The van der Waals surface area contributed by atoms with Gasteiger partial charge in [-0.1, -0.05) is 91.5 Å². The minimum Gasteiger partial charge on any atom is -0.512 e. The predicted octanol–water partition coefficient (Wildman–Crippen LogP) is 12.0. The summed E-state index contributed by atoms with van der Waals surface area (Å²) in [6.07, 6.45) is 12.8. The van der Waals surface area contributed by atoms with Gasteiger partial charge in [0.15, 0.2) is 5.78 Å². The fourth-order valence-corrected chi connectivity index (χ4v) is 7.75. The number of thiophene rings is 1. The number of allylic oxidation sites excluding steroid dienone is 2. The molecule has 0 saturated carbocycles. The Hall–Kier alpha value is -3.18. The molecule has 4 nitrogen and oxygen atoms in total. The molecule has 261 valence electrons. The minimum absolute atomic E-state index is 0. The van der Waals surface area contributed by atoms with Crippen LogP contribution in [0.25, 0.3) is 43.2 Å². The standard InChI is InChI=1S/C28H23N2S.C15H28O2.Ir/c1-28(2,3)22-15-19(14-18-6-4-5-7-20(18)22)27-26-24(11-13-30-27)31-23-9-8-17-10-12-29-16-21(17)25(23)26;1-7-14(5,8-2)12(16)11-13(17)15(6,9-3)10-4;/h4-7,10-13,15-16H,8-9H2,1-3H3;11,16H,7-10H2,1-6H3;/q-1;;/b;12-11-;. The molecular formula is C43H51IrN2O2S-. The van der Waals surface area contributed by atoms with Crippen molar-refractivity contribution >= 4 is 38.0 Å². The number of hydrogen-bond donors (Lipinski definition) is 1. The first kappa shape index (κ1) is 38.6. The molecule has 6 heteroatoms. The number of aromatic nitrogens is 2. The van der Waals surface area contributed by atoms with Crippen molar-refractivity contribution in [3.63, 3.8) is 0 Å². The summed E-state index contributed by atoms with van der Waals surface area (Å²) in [7, 11) is 0. The monoisotopic (exact) mass is 852 g/mol. The van der Waals surface area contributed by atoms with E-state index in [9.17, 15) is 9.90 Å². The number of hydrogen-bond acceptors (Lipinski definition) is 5. The van der Waals surface area contributed by atoms with Crippen LogP contribution >= 0.6 is 11.3 Å². The van der Waals surface area contributed by atoms with Crippen LogP contribution in [0.1, 0.15) is 104 Å². The molecule has 0 saturated heterocycles. The molecular weight excluding hydrogens is 801 g/mol. The summed E-state index contributed by atoms with van der Waals surface area (Å²) in [6, 6.07) is 18.9. The number of carbonyl (C=O) groups excluding carboxylic acids is 1. The summed E-state index contributed by atoms with van der Waals surface area (Å²) in [5.74, 6) is 0.286. The Morgan fingerprint density at radius 2 is 1.59 bits per heavy atom. The molecule has 3 aromatic heterocycles. The molecule has 0 unspecified atom stereocenters. The Balaban J connectivity index is 0.000000260. The smallest absolute Gasteiger partial charge is 0.164 e. The number of pyridine rings is 2. The molecule has 0 amide bonds. The van der Waals surface area contributed by atoms with Gasteiger partial charge >= 0.3 is 0 Å². The first-order chi connectivity index (χ1) is 22.8. The van der Waals surface area contributed by atoms with Gasteiger partial charge in [-0.2, -0.15) is 0 Å². The molecule has 1 aliphatic carbocycles. The van der Waals surface area contributed by atoms with Gasteiger partial charge in [-0.3, -0.25) is 14.8 Å². The van der Waals surface area contributed by atoms with Crippen molar-refractivity contribution < 1.29 is 30.0 Å². The Morgan fingerprint density at radius 3 is 2.24 bits per heavy atom. The number of aliphatic hydroxyl groups is 1. The molecule has 0 bridgehead atoms. The SMILES string of the molecule is CC(C)(C)c1cc(-c2nccc3sc4c(c23)-c2cnccc2CC4)[c-]c2ccccc12.CCC(C)(CC)C(=O)/C=C(\O)C(C)(CC)CC.[Ir]. The van der Waals surface area contributed by atoms with Crippen molar-refractivity contribution in [3.05, 3.63) is 95.0 Å². The van der Waals surface area contributed by atoms with Crippen LogP contribution in [-0.2, 0) is 43.2 Å². The molecule has 0 spiro atoms. The van der Waals surface area contributed by atoms with E-state index >= 15 is 0 Å². The largest absolute Gasteiger partial charge is 0.512 e. The molecule has 1 radical (unpaired) electrons. The van der Waals surface area contributed by atoms with Crippen LogP contribution in [0, 0.1) is 16.9 Å². The average Bonchev–Trinajstić information content (AvgIpc) is 3.49. The normalized spacial score (nSPS) is 13.3. The quantitative estimate of drug-likeness (QED) is 0.0960. The van der Waals surface area contributed by atoms with E-state index in [0.29, 0.717) is 0 Å². The van der Waals surface area contributed by atoms with Crippen LogP contribution in [0.5, 0.6) is 0 Å². The van der Waals surface area contributed by atoms with Crippen molar-refractivity contribution in [1.29, 1.82) is 0 Å². The molecule has 6 rings (SSSR count). The third kappa shape index (κ3) is 7.62. The summed E-state index contributed by atoms with van der Waals surface area (Å²) in [5, 5.41) is 13.8. The predicted molar refractivity (Wildman–Crippen MR) is 204 cm³/mol. The van der Waals surface area contributed by atoms with Gasteiger partial charge in [-0.05, 0) is 72.6 Å². The second-order valence-corrected chi connectivity index (χ2v) is 15.9. The molecule has 5 aromatic rings. The van der Waals surface area contributed by atoms with E-state index in [1.807, 2.05) is 71.5 Å². The topological polar surface area (TPSA) is 63.1 Å². The van der Waals surface area contributed by atoms with Crippen LogP contribution in [-0.4, -0.2) is 20.9 Å². The first-order valence-corrected chi connectivity index (χ1v) is 18.4. The van der Waals surface area contributed by atoms with Gasteiger partial charge < -0.3 is 5.11 Å². The van der Waals surface area contributed by atoms with Crippen LogP contribution in [0.15, 0.2) is 72.9 Å². The zero-order valence-corrected chi connectivity index (χ0v) is 33.8. The molecule has 1 N–H and O–H groups in total. The van der Waals surface area contributed by atoms with Gasteiger partial charge in [0.2, 0.25) is 0 Å². The summed E-state index contributed by atoms with van der Waals surface area (Å²) >= 11 is 1.90. The molecule has 1 aliphatic rings. The van der Waals surface area contributed by atoms with Gasteiger partial charge in [0.1, 0.15) is 5.76 Å². The van der Waals surface area contributed by atoms with E-state index < -0.39 is 0 Å².